The molecular weight excluding hydrogens is 218 g/mol. The zero-order chi connectivity index (χ0) is 9.40. The van der Waals surface area contributed by atoms with Crippen LogP contribution in [-0.4, -0.2) is 17.3 Å². The zero-order valence-electron chi connectivity index (χ0n) is 7.90. The van der Waals surface area contributed by atoms with Crippen LogP contribution in [0.4, 0.5) is 0 Å². The van der Waals surface area contributed by atoms with Gasteiger partial charge in [-0.1, -0.05) is 22.9 Å². The molecule has 1 N–H and O–H groups in total. The van der Waals surface area contributed by atoms with Crippen LogP contribution in [0.1, 0.15) is 39.5 Å². The van der Waals surface area contributed by atoms with E-state index in [0.717, 1.165) is 24.6 Å². The number of nitrogens with one attached hydrogen (secondary N) is 1. The molecule has 0 spiro atoms. The Morgan fingerprint density at radius 1 is 1.58 bits per heavy atom. The van der Waals surface area contributed by atoms with Gasteiger partial charge >= 0.3 is 0 Å². The van der Waals surface area contributed by atoms with Gasteiger partial charge in [-0.3, -0.25) is 4.79 Å². The number of hydrogen-bond acceptors (Lipinski definition) is 1. The zero-order valence-corrected chi connectivity index (χ0v) is 9.49. The number of carbonyl (C=O) groups excluding carboxylic acids is 1. The van der Waals surface area contributed by atoms with Gasteiger partial charge in [0.2, 0.25) is 5.91 Å². The Balaban J connectivity index is 3.40. The first-order valence-corrected chi connectivity index (χ1v) is 5.68. The first-order valence-electron chi connectivity index (χ1n) is 4.56. The lowest BCUT2D eigenvalue weighted by Gasteiger charge is -2.12. The summed E-state index contributed by atoms with van der Waals surface area (Å²) in [4.78, 5) is 11.1. The van der Waals surface area contributed by atoms with Gasteiger partial charge < -0.3 is 5.32 Å². The molecule has 0 aromatic rings. The van der Waals surface area contributed by atoms with E-state index in [1.807, 2.05) is 6.92 Å². The topological polar surface area (TPSA) is 29.1 Å². The van der Waals surface area contributed by atoms with Crippen molar-refractivity contribution < 1.29 is 4.79 Å². The van der Waals surface area contributed by atoms with E-state index in [9.17, 15) is 4.79 Å². The first kappa shape index (κ1) is 11.9. The highest BCUT2D eigenvalue weighted by molar-refractivity contribution is 9.09. The van der Waals surface area contributed by atoms with Gasteiger partial charge in [0.25, 0.3) is 0 Å². The van der Waals surface area contributed by atoms with Crippen LogP contribution in [0, 0.1) is 0 Å². The molecule has 72 valence electrons. The highest BCUT2D eigenvalue weighted by atomic mass is 79.9. The number of carbonyl (C=O) groups is 1. The smallest absolute Gasteiger partial charge is 0.220 e. The summed E-state index contributed by atoms with van der Waals surface area (Å²) in [6.07, 6.45) is 3.75. The van der Waals surface area contributed by atoms with Crippen molar-refractivity contribution in [2.45, 2.75) is 45.6 Å². The fraction of sp³-hybridized carbons (Fsp3) is 0.889. The molecule has 0 aliphatic carbocycles. The average molecular weight is 236 g/mol. The molecule has 0 rings (SSSR count). The summed E-state index contributed by atoms with van der Waals surface area (Å²) < 4.78 is 0. The van der Waals surface area contributed by atoms with E-state index < -0.39 is 0 Å². The van der Waals surface area contributed by atoms with Crippen molar-refractivity contribution in [1.82, 2.24) is 5.32 Å². The van der Waals surface area contributed by atoms with Crippen LogP contribution in [0.5, 0.6) is 0 Å². The Kier molecular flexibility index (Phi) is 7.56. The van der Waals surface area contributed by atoms with E-state index in [0.29, 0.717) is 12.5 Å². The lowest BCUT2D eigenvalue weighted by molar-refractivity contribution is -0.121. The molecule has 2 nitrogen and oxygen atoms in total. The predicted octanol–water partition coefficient (Wildman–Crippen LogP) is 2.47. The molecule has 0 aliphatic heterocycles. The lowest BCUT2D eigenvalue weighted by Crippen LogP contribution is -2.32. The van der Waals surface area contributed by atoms with Gasteiger partial charge in [-0.25, -0.2) is 0 Å². The Morgan fingerprint density at radius 2 is 2.25 bits per heavy atom. The molecule has 0 aliphatic rings. The average Bonchev–Trinajstić information content (AvgIpc) is 2.01. The van der Waals surface area contributed by atoms with Gasteiger partial charge in [0.05, 0.1) is 0 Å². The molecule has 3 heteroatoms. The molecule has 0 heterocycles. The Bertz CT molecular complexity index is 128. The van der Waals surface area contributed by atoms with Crippen molar-refractivity contribution >= 4 is 21.8 Å². The van der Waals surface area contributed by atoms with E-state index in [2.05, 4.69) is 28.2 Å². The predicted molar refractivity (Wildman–Crippen MR) is 55.5 cm³/mol. The van der Waals surface area contributed by atoms with Gasteiger partial charge in [0, 0.05) is 17.8 Å². The Hall–Kier alpha value is -0.0500. The van der Waals surface area contributed by atoms with Gasteiger partial charge in [-0.2, -0.15) is 0 Å². The van der Waals surface area contributed by atoms with E-state index >= 15 is 0 Å². The third kappa shape index (κ3) is 6.65. The van der Waals surface area contributed by atoms with Gasteiger partial charge in [0.15, 0.2) is 0 Å². The van der Waals surface area contributed by atoms with Crippen LogP contribution in [0.2, 0.25) is 0 Å². The number of hydrogen-bond donors (Lipinski definition) is 1. The van der Waals surface area contributed by atoms with Crippen LogP contribution in [0.3, 0.4) is 0 Å². The van der Waals surface area contributed by atoms with E-state index in [-0.39, 0.29) is 5.91 Å². The molecule has 0 aromatic heterocycles. The summed E-state index contributed by atoms with van der Waals surface area (Å²) >= 11 is 3.36. The molecule has 0 aromatic carbocycles. The maximum absolute atomic E-state index is 11.1. The summed E-state index contributed by atoms with van der Waals surface area (Å²) in [6.45, 7) is 4.07. The quantitative estimate of drug-likeness (QED) is 0.705. The highest BCUT2D eigenvalue weighted by Gasteiger charge is 2.04. The van der Waals surface area contributed by atoms with Gasteiger partial charge in [-0.15, -0.1) is 0 Å². The van der Waals surface area contributed by atoms with Crippen molar-refractivity contribution in [2.24, 2.45) is 0 Å². The number of rotatable bonds is 6. The Morgan fingerprint density at radius 3 is 2.75 bits per heavy atom. The van der Waals surface area contributed by atoms with E-state index in [1.165, 1.54) is 0 Å². The van der Waals surface area contributed by atoms with Gasteiger partial charge in [0.1, 0.15) is 0 Å². The SMILES string of the molecule is CCCC(=O)NC(C)CCCBr. The van der Waals surface area contributed by atoms with Crippen molar-refractivity contribution in [1.29, 1.82) is 0 Å². The minimum absolute atomic E-state index is 0.180. The Labute approximate surface area is 83.2 Å². The molecule has 0 bridgehead atoms. The highest BCUT2D eigenvalue weighted by Crippen LogP contribution is 1.99. The minimum atomic E-state index is 0.180. The first-order chi connectivity index (χ1) is 5.70. The van der Waals surface area contributed by atoms with Crippen LogP contribution in [0.15, 0.2) is 0 Å². The summed E-state index contributed by atoms with van der Waals surface area (Å²) in [5.74, 6) is 0.180. The molecule has 0 fully saturated rings. The maximum Gasteiger partial charge on any atom is 0.220 e. The number of amides is 1. The minimum Gasteiger partial charge on any atom is -0.354 e. The molecule has 12 heavy (non-hydrogen) atoms. The van der Waals surface area contributed by atoms with Crippen LogP contribution < -0.4 is 5.32 Å². The lowest BCUT2D eigenvalue weighted by atomic mass is 10.2. The van der Waals surface area contributed by atoms with Crippen LogP contribution >= 0.6 is 15.9 Å². The molecule has 1 amide bonds. The van der Waals surface area contributed by atoms with Crippen molar-refractivity contribution in [3.05, 3.63) is 0 Å². The normalized spacial score (nSPS) is 12.6. The molecule has 0 saturated carbocycles. The van der Waals surface area contributed by atoms with Crippen molar-refractivity contribution in [2.75, 3.05) is 5.33 Å². The van der Waals surface area contributed by atoms with Crippen molar-refractivity contribution in [3.8, 4) is 0 Å². The maximum atomic E-state index is 11.1. The largest absolute Gasteiger partial charge is 0.354 e. The van der Waals surface area contributed by atoms with Crippen molar-refractivity contribution in [3.63, 3.8) is 0 Å². The molecule has 0 radical (unpaired) electrons. The second-order valence-corrected chi connectivity index (χ2v) is 3.84. The van der Waals surface area contributed by atoms with Crippen LogP contribution in [0.25, 0.3) is 0 Å². The summed E-state index contributed by atoms with van der Waals surface area (Å²) in [6, 6.07) is 0.321. The number of halogens is 1. The molecule has 1 unspecified atom stereocenters. The second-order valence-electron chi connectivity index (χ2n) is 3.05. The fourth-order valence-electron chi connectivity index (χ4n) is 1.03. The standard InChI is InChI=1S/C9H18BrNO/c1-3-5-9(12)11-8(2)6-4-7-10/h8H,3-7H2,1-2H3,(H,11,12). The fourth-order valence-corrected chi connectivity index (χ4v) is 1.35. The monoisotopic (exact) mass is 235 g/mol. The summed E-state index contributed by atoms with van der Waals surface area (Å²) in [5, 5.41) is 3.97. The molecule has 0 saturated heterocycles. The second kappa shape index (κ2) is 7.59. The summed E-state index contributed by atoms with van der Waals surface area (Å²) in [7, 11) is 0. The van der Waals surface area contributed by atoms with Crippen LogP contribution in [-0.2, 0) is 4.79 Å². The molecule has 1 atom stereocenters. The van der Waals surface area contributed by atoms with E-state index in [4.69, 9.17) is 0 Å². The number of alkyl halides is 1. The summed E-state index contributed by atoms with van der Waals surface area (Å²) in [5.41, 5.74) is 0. The third-order valence-corrected chi connectivity index (χ3v) is 2.22. The van der Waals surface area contributed by atoms with E-state index in [1.54, 1.807) is 0 Å². The van der Waals surface area contributed by atoms with Gasteiger partial charge in [-0.05, 0) is 26.2 Å². The third-order valence-electron chi connectivity index (χ3n) is 1.66. The molecular formula is C9H18BrNO.